The SMILES string of the molecule is CS(=O)(=O)c1ccccc1-c1cc2cccc(F)c2nc1CN=[N+]=[N-]. The van der Waals surface area contributed by atoms with Crippen molar-refractivity contribution in [3.63, 3.8) is 0 Å². The molecule has 0 aliphatic heterocycles. The summed E-state index contributed by atoms with van der Waals surface area (Å²) in [6.07, 6.45) is 1.12. The largest absolute Gasteiger partial charge is 0.249 e. The Morgan fingerprint density at radius 2 is 1.92 bits per heavy atom. The molecule has 0 N–H and O–H groups in total. The van der Waals surface area contributed by atoms with Crippen molar-refractivity contribution in [3.8, 4) is 11.1 Å². The molecule has 2 aromatic carbocycles. The van der Waals surface area contributed by atoms with E-state index in [0.29, 0.717) is 22.2 Å². The minimum absolute atomic E-state index is 0.117. The first-order chi connectivity index (χ1) is 11.9. The molecule has 1 heterocycles. The van der Waals surface area contributed by atoms with Gasteiger partial charge in [-0.05, 0) is 23.7 Å². The lowest BCUT2D eigenvalue weighted by Gasteiger charge is -2.13. The standard InChI is InChI=1S/C17H13FN4O2S/c1-25(23,24)16-8-3-2-6-12(16)13-9-11-5-4-7-14(18)17(11)21-15(13)10-20-22-19/h2-9H,10H2,1H3. The van der Waals surface area contributed by atoms with Gasteiger partial charge in [0.2, 0.25) is 0 Å². The molecule has 0 bridgehead atoms. The number of fused-ring (bicyclic) bond motifs is 1. The van der Waals surface area contributed by atoms with Crippen molar-refractivity contribution in [2.45, 2.75) is 11.4 Å². The minimum atomic E-state index is -3.49. The normalized spacial score (nSPS) is 11.3. The predicted octanol–water partition coefficient (Wildman–Crippen LogP) is 4.25. The maximum absolute atomic E-state index is 14.0. The number of hydrogen-bond donors (Lipinski definition) is 0. The number of pyridine rings is 1. The maximum atomic E-state index is 14.0. The Kier molecular flexibility index (Phi) is 4.39. The van der Waals surface area contributed by atoms with Gasteiger partial charge in [-0.1, -0.05) is 35.4 Å². The second kappa shape index (κ2) is 6.51. The highest BCUT2D eigenvalue weighted by Gasteiger charge is 2.18. The van der Waals surface area contributed by atoms with E-state index in [4.69, 9.17) is 5.53 Å². The first-order valence-corrected chi connectivity index (χ1v) is 9.19. The van der Waals surface area contributed by atoms with Gasteiger partial charge in [0.1, 0.15) is 11.3 Å². The molecule has 0 atom stereocenters. The van der Waals surface area contributed by atoms with E-state index in [1.807, 2.05) is 0 Å². The lowest BCUT2D eigenvalue weighted by molar-refractivity contribution is 0.602. The van der Waals surface area contributed by atoms with E-state index in [-0.39, 0.29) is 17.0 Å². The Hall–Kier alpha value is -2.96. The Labute approximate surface area is 143 Å². The summed E-state index contributed by atoms with van der Waals surface area (Å²) in [6.45, 7) is -0.117. The first kappa shape index (κ1) is 16.9. The molecule has 0 spiro atoms. The lowest BCUT2D eigenvalue weighted by atomic mass is 10.0. The Balaban J connectivity index is 2.38. The van der Waals surface area contributed by atoms with Crippen molar-refractivity contribution in [2.24, 2.45) is 5.11 Å². The van der Waals surface area contributed by atoms with Gasteiger partial charge in [0.25, 0.3) is 0 Å². The van der Waals surface area contributed by atoms with E-state index in [2.05, 4.69) is 15.0 Å². The van der Waals surface area contributed by atoms with E-state index >= 15 is 0 Å². The summed E-state index contributed by atoms with van der Waals surface area (Å²) in [7, 11) is -3.49. The molecule has 0 aliphatic carbocycles. The smallest absolute Gasteiger partial charge is 0.176 e. The first-order valence-electron chi connectivity index (χ1n) is 7.30. The number of rotatable bonds is 4. The van der Waals surface area contributed by atoms with Crippen LogP contribution >= 0.6 is 0 Å². The van der Waals surface area contributed by atoms with E-state index < -0.39 is 15.7 Å². The molecule has 0 unspecified atom stereocenters. The van der Waals surface area contributed by atoms with Gasteiger partial charge in [0.05, 0.1) is 17.1 Å². The molecule has 126 valence electrons. The van der Waals surface area contributed by atoms with Gasteiger partial charge in [-0.25, -0.2) is 17.8 Å². The summed E-state index contributed by atoms with van der Waals surface area (Å²) in [4.78, 5) is 7.12. The van der Waals surface area contributed by atoms with Gasteiger partial charge in [-0.3, -0.25) is 0 Å². The van der Waals surface area contributed by atoms with E-state index in [0.717, 1.165) is 6.26 Å². The van der Waals surface area contributed by atoms with Crippen molar-refractivity contribution >= 4 is 20.7 Å². The minimum Gasteiger partial charge on any atom is -0.249 e. The topological polar surface area (TPSA) is 95.8 Å². The average molecular weight is 356 g/mol. The molecular weight excluding hydrogens is 343 g/mol. The zero-order valence-electron chi connectivity index (χ0n) is 13.2. The molecule has 0 saturated carbocycles. The molecule has 6 nitrogen and oxygen atoms in total. The van der Waals surface area contributed by atoms with Crippen LogP contribution in [-0.4, -0.2) is 19.7 Å². The zero-order chi connectivity index (χ0) is 18.0. The van der Waals surface area contributed by atoms with Gasteiger partial charge in [-0.2, -0.15) is 0 Å². The van der Waals surface area contributed by atoms with Crippen LogP contribution in [0.15, 0.2) is 58.5 Å². The quantitative estimate of drug-likeness (QED) is 0.397. The molecule has 3 aromatic rings. The molecule has 0 amide bonds. The number of benzene rings is 2. The summed E-state index contributed by atoms with van der Waals surface area (Å²) in [5.74, 6) is -0.498. The van der Waals surface area contributed by atoms with Crippen molar-refractivity contribution in [3.05, 3.63) is 70.5 Å². The number of hydrogen-bond acceptors (Lipinski definition) is 4. The molecule has 8 heteroatoms. The van der Waals surface area contributed by atoms with Gasteiger partial charge in [-0.15, -0.1) is 0 Å². The highest BCUT2D eigenvalue weighted by atomic mass is 32.2. The number of azide groups is 1. The van der Waals surface area contributed by atoms with Crippen molar-refractivity contribution < 1.29 is 12.8 Å². The molecule has 1 aromatic heterocycles. The molecule has 0 radical (unpaired) electrons. The van der Waals surface area contributed by atoms with Crippen molar-refractivity contribution in [1.82, 2.24) is 4.98 Å². The van der Waals surface area contributed by atoms with Crippen molar-refractivity contribution in [1.29, 1.82) is 0 Å². The van der Waals surface area contributed by atoms with Crippen LogP contribution < -0.4 is 0 Å². The van der Waals surface area contributed by atoms with Crippen LogP contribution in [0.1, 0.15) is 5.69 Å². The molecule has 25 heavy (non-hydrogen) atoms. The lowest BCUT2D eigenvalue weighted by Crippen LogP contribution is -2.02. The summed E-state index contributed by atoms with van der Waals surface area (Å²) in [6, 6.07) is 12.7. The Morgan fingerprint density at radius 3 is 2.64 bits per heavy atom. The van der Waals surface area contributed by atoms with Gasteiger partial charge in [0.15, 0.2) is 9.84 Å². The average Bonchev–Trinajstić information content (AvgIpc) is 2.59. The van der Waals surface area contributed by atoms with Crippen LogP contribution in [0, 0.1) is 5.82 Å². The second-order valence-corrected chi connectivity index (χ2v) is 7.44. The van der Waals surface area contributed by atoms with Crippen LogP contribution in [0.5, 0.6) is 0 Å². The molecule has 0 fully saturated rings. The van der Waals surface area contributed by atoms with Crippen LogP contribution in [0.25, 0.3) is 32.5 Å². The highest BCUT2D eigenvalue weighted by molar-refractivity contribution is 7.90. The number of nitrogens with zero attached hydrogens (tertiary/aromatic N) is 4. The zero-order valence-corrected chi connectivity index (χ0v) is 14.0. The monoisotopic (exact) mass is 356 g/mol. The highest BCUT2D eigenvalue weighted by Crippen LogP contribution is 2.32. The number of halogens is 1. The fourth-order valence-electron chi connectivity index (χ4n) is 2.67. The van der Waals surface area contributed by atoms with Crippen molar-refractivity contribution in [2.75, 3.05) is 6.26 Å². The third-order valence-corrected chi connectivity index (χ3v) is 4.89. The summed E-state index contributed by atoms with van der Waals surface area (Å²) in [5, 5.41) is 4.03. The van der Waals surface area contributed by atoms with Crippen LogP contribution in [-0.2, 0) is 16.4 Å². The van der Waals surface area contributed by atoms with E-state index in [1.165, 1.54) is 12.1 Å². The second-order valence-electron chi connectivity index (χ2n) is 5.45. The predicted molar refractivity (Wildman–Crippen MR) is 93.1 cm³/mol. The number of para-hydroxylation sites is 1. The third-order valence-electron chi connectivity index (χ3n) is 3.74. The van der Waals surface area contributed by atoms with Crippen LogP contribution in [0.2, 0.25) is 0 Å². The van der Waals surface area contributed by atoms with Crippen LogP contribution in [0.3, 0.4) is 0 Å². The molecule has 0 saturated heterocycles. The van der Waals surface area contributed by atoms with E-state index in [9.17, 15) is 12.8 Å². The maximum Gasteiger partial charge on any atom is 0.176 e. The summed E-state index contributed by atoms with van der Waals surface area (Å²) < 4.78 is 38.2. The van der Waals surface area contributed by atoms with E-state index in [1.54, 1.807) is 36.4 Å². The van der Waals surface area contributed by atoms with Gasteiger partial charge >= 0.3 is 0 Å². The Morgan fingerprint density at radius 1 is 1.16 bits per heavy atom. The molecule has 3 rings (SSSR count). The van der Waals surface area contributed by atoms with Gasteiger partial charge < -0.3 is 0 Å². The number of sulfone groups is 1. The summed E-state index contributed by atoms with van der Waals surface area (Å²) in [5.41, 5.74) is 9.99. The van der Waals surface area contributed by atoms with Crippen LogP contribution in [0.4, 0.5) is 4.39 Å². The third kappa shape index (κ3) is 3.31. The summed E-state index contributed by atoms with van der Waals surface area (Å²) >= 11 is 0. The Bertz CT molecular complexity index is 1120. The number of aromatic nitrogens is 1. The van der Waals surface area contributed by atoms with Gasteiger partial charge in [0, 0.05) is 27.7 Å². The molecule has 0 aliphatic rings. The fraction of sp³-hybridized carbons (Fsp3) is 0.118. The molecular formula is C17H13FN4O2S. The fourth-order valence-corrected chi connectivity index (χ4v) is 3.57.